The van der Waals surface area contributed by atoms with Gasteiger partial charge in [-0.05, 0) is 25.0 Å². The molecule has 17 heavy (non-hydrogen) atoms. The maximum absolute atomic E-state index is 8.62. The molecule has 92 valence electrons. The fourth-order valence-electron chi connectivity index (χ4n) is 1.69. The number of hydrogen-bond acceptors (Lipinski definition) is 4. The molecule has 0 bridgehead atoms. The Labute approximate surface area is 110 Å². The first kappa shape index (κ1) is 13.0. The van der Waals surface area contributed by atoms with E-state index in [1.54, 1.807) is 11.3 Å². The summed E-state index contributed by atoms with van der Waals surface area (Å²) < 4.78 is 5.35. The Morgan fingerprint density at radius 2 is 2.24 bits per heavy atom. The molecule has 1 aromatic rings. The van der Waals surface area contributed by atoms with Crippen LogP contribution in [0.4, 0.5) is 0 Å². The predicted molar refractivity (Wildman–Crippen MR) is 73.4 cm³/mol. The largest absolute Gasteiger partial charge is 0.384 e. The summed E-state index contributed by atoms with van der Waals surface area (Å²) in [6.07, 6.45) is 2.35. The van der Waals surface area contributed by atoms with Crippen LogP contribution in [0.1, 0.15) is 22.6 Å². The van der Waals surface area contributed by atoms with Crippen LogP contribution in [-0.2, 0) is 10.5 Å². The second-order valence-corrected chi connectivity index (χ2v) is 6.31. The number of rotatable bonds is 3. The van der Waals surface area contributed by atoms with E-state index in [1.165, 1.54) is 17.7 Å². The fraction of sp³-hybridized carbons (Fsp3) is 0.538. The molecular formula is C13H16O2S2. The van der Waals surface area contributed by atoms with Crippen molar-refractivity contribution in [2.75, 3.05) is 19.8 Å². The molecule has 1 saturated heterocycles. The molecule has 0 unspecified atom stereocenters. The van der Waals surface area contributed by atoms with Crippen LogP contribution in [0, 0.1) is 11.8 Å². The van der Waals surface area contributed by atoms with Crippen LogP contribution in [-0.4, -0.2) is 30.2 Å². The summed E-state index contributed by atoms with van der Waals surface area (Å²) in [6.45, 7) is 1.76. The molecule has 2 rings (SSSR count). The van der Waals surface area contributed by atoms with Crippen molar-refractivity contribution < 1.29 is 9.84 Å². The van der Waals surface area contributed by atoms with Gasteiger partial charge in [-0.15, -0.1) is 11.3 Å². The molecule has 2 nitrogen and oxygen atoms in total. The van der Waals surface area contributed by atoms with Gasteiger partial charge in [0.25, 0.3) is 0 Å². The molecule has 0 amide bonds. The van der Waals surface area contributed by atoms with Gasteiger partial charge in [0.05, 0.1) is 4.88 Å². The third kappa shape index (κ3) is 4.36. The average molecular weight is 268 g/mol. The van der Waals surface area contributed by atoms with Gasteiger partial charge in [-0.1, -0.05) is 11.8 Å². The van der Waals surface area contributed by atoms with E-state index in [0.29, 0.717) is 0 Å². The summed E-state index contributed by atoms with van der Waals surface area (Å²) >= 11 is 3.75. The van der Waals surface area contributed by atoms with Crippen molar-refractivity contribution >= 4 is 23.1 Å². The fourth-order valence-corrected chi connectivity index (χ4v) is 3.83. The van der Waals surface area contributed by atoms with Gasteiger partial charge < -0.3 is 9.84 Å². The van der Waals surface area contributed by atoms with Crippen molar-refractivity contribution in [2.45, 2.75) is 23.8 Å². The monoisotopic (exact) mass is 268 g/mol. The summed E-state index contributed by atoms with van der Waals surface area (Å²) in [5.41, 5.74) is 0. The number of ether oxygens (including phenoxy) is 1. The molecule has 0 atom stereocenters. The molecule has 1 aromatic heterocycles. The minimum atomic E-state index is -0.0654. The average Bonchev–Trinajstić information content (AvgIpc) is 2.83. The molecule has 4 heteroatoms. The van der Waals surface area contributed by atoms with Crippen molar-refractivity contribution in [1.29, 1.82) is 0 Å². The molecule has 1 N–H and O–H groups in total. The summed E-state index contributed by atoms with van der Waals surface area (Å²) in [5.74, 6) is 6.68. The van der Waals surface area contributed by atoms with Crippen molar-refractivity contribution in [1.82, 2.24) is 0 Å². The lowest BCUT2D eigenvalue weighted by molar-refractivity contribution is 0.1000. The number of thiophene rings is 1. The van der Waals surface area contributed by atoms with Gasteiger partial charge in [0.2, 0.25) is 0 Å². The van der Waals surface area contributed by atoms with Gasteiger partial charge in [-0.25, -0.2) is 0 Å². The smallest absolute Gasteiger partial charge is 0.104 e. The van der Waals surface area contributed by atoms with E-state index in [9.17, 15) is 0 Å². The Morgan fingerprint density at radius 1 is 1.41 bits per heavy atom. The van der Waals surface area contributed by atoms with Gasteiger partial charge in [-0.3, -0.25) is 0 Å². The Balaban J connectivity index is 1.80. The van der Waals surface area contributed by atoms with Crippen LogP contribution in [0.2, 0.25) is 0 Å². The van der Waals surface area contributed by atoms with Crippen LogP contribution in [0.25, 0.3) is 0 Å². The van der Waals surface area contributed by atoms with Gasteiger partial charge >= 0.3 is 0 Å². The van der Waals surface area contributed by atoms with E-state index in [4.69, 9.17) is 9.84 Å². The van der Waals surface area contributed by atoms with Crippen molar-refractivity contribution in [3.63, 3.8) is 0 Å². The predicted octanol–water partition coefficient (Wildman–Crippen LogP) is 2.50. The van der Waals surface area contributed by atoms with Crippen LogP contribution < -0.4 is 0 Å². The van der Waals surface area contributed by atoms with Gasteiger partial charge in [0.15, 0.2) is 0 Å². The molecule has 0 saturated carbocycles. The first-order valence-electron chi connectivity index (χ1n) is 5.76. The van der Waals surface area contributed by atoms with Crippen LogP contribution in [0.15, 0.2) is 12.1 Å². The minimum absolute atomic E-state index is 0.0654. The molecule has 0 aromatic carbocycles. The van der Waals surface area contributed by atoms with Gasteiger partial charge in [-0.2, -0.15) is 11.8 Å². The summed E-state index contributed by atoms with van der Waals surface area (Å²) in [7, 11) is 0. The molecule has 0 aliphatic carbocycles. The van der Waals surface area contributed by atoms with E-state index in [1.807, 2.05) is 17.8 Å². The standard InChI is InChI=1S/C13H16O2S2/c14-7-1-2-12-3-4-13(17-12)10-16-11-5-8-15-9-6-11/h3-4,11,14H,5-10H2. The lowest BCUT2D eigenvalue weighted by Gasteiger charge is -2.20. The quantitative estimate of drug-likeness (QED) is 0.854. The second kappa shape index (κ2) is 7.07. The minimum Gasteiger partial charge on any atom is -0.384 e. The molecule has 0 radical (unpaired) electrons. The Kier molecular flexibility index (Phi) is 5.40. The Bertz CT molecular complexity index is 397. The molecule has 1 fully saturated rings. The summed E-state index contributed by atoms with van der Waals surface area (Å²) in [6, 6.07) is 4.17. The van der Waals surface area contributed by atoms with Crippen molar-refractivity contribution in [3.05, 3.63) is 21.9 Å². The number of aliphatic hydroxyl groups excluding tert-OH is 1. The molecule has 0 spiro atoms. The topological polar surface area (TPSA) is 29.5 Å². The maximum atomic E-state index is 8.62. The van der Waals surface area contributed by atoms with E-state index >= 15 is 0 Å². The number of hydrogen-bond donors (Lipinski definition) is 1. The highest BCUT2D eigenvalue weighted by Crippen LogP contribution is 2.28. The second-order valence-electron chi connectivity index (χ2n) is 3.85. The first-order valence-corrected chi connectivity index (χ1v) is 7.63. The van der Waals surface area contributed by atoms with Gasteiger partial charge in [0, 0.05) is 29.1 Å². The van der Waals surface area contributed by atoms with Crippen LogP contribution in [0.3, 0.4) is 0 Å². The molecule has 2 heterocycles. The van der Waals surface area contributed by atoms with Crippen LogP contribution in [0.5, 0.6) is 0 Å². The van der Waals surface area contributed by atoms with E-state index in [-0.39, 0.29) is 6.61 Å². The van der Waals surface area contributed by atoms with E-state index < -0.39 is 0 Å². The SMILES string of the molecule is OCC#Cc1ccc(CSC2CCOCC2)s1. The van der Waals surface area contributed by atoms with E-state index in [2.05, 4.69) is 17.9 Å². The lowest BCUT2D eigenvalue weighted by atomic mass is 10.2. The third-order valence-corrected chi connectivity index (χ3v) is 5.19. The van der Waals surface area contributed by atoms with Crippen LogP contribution >= 0.6 is 23.1 Å². The third-order valence-electron chi connectivity index (χ3n) is 2.58. The Morgan fingerprint density at radius 3 is 3.00 bits per heavy atom. The summed E-state index contributed by atoms with van der Waals surface area (Å²) in [4.78, 5) is 2.41. The molecule has 1 aliphatic heterocycles. The number of aliphatic hydroxyl groups is 1. The number of thioether (sulfide) groups is 1. The highest BCUT2D eigenvalue weighted by atomic mass is 32.2. The summed E-state index contributed by atoms with van der Waals surface area (Å²) in [5, 5.41) is 9.37. The van der Waals surface area contributed by atoms with E-state index in [0.717, 1.165) is 29.1 Å². The van der Waals surface area contributed by atoms with Gasteiger partial charge in [0.1, 0.15) is 6.61 Å². The normalized spacial score (nSPS) is 16.5. The lowest BCUT2D eigenvalue weighted by Crippen LogP contribution is -2.17. The van der Waals surface area contributed by atoms with Crippen molar-refractivity contribution in [3.8, 4) is 11.8 Å². The highest BCUT2D eigenvalue weighted by Gasteiger charge is 2.14. The zero-order chi connectivity index (χ0) is 11.9. The first-order chi connectivity index (χ1) is 8.38. The Hall–Kier alpha value is -0.470. The molecular weight excluding hydrogens is 252 g/mol. The highest BCUT2D eigenvalue weighted by molar-refractivity contribution is 7.99. The van der Waals surface area contributed by atoms with Crippen molar-refractivity contribution in [2.24, 2.45) is 0 Å². The molecule has 1 aliphatic rings. The maximum Gasteiger partial charge on any atom is 0.104 e. The zero-order valence-electron chi connectivity index (χ0n) is 9.65. The zero-order valence-corrected chi connectivity index (χ0v) is 11.3.